The molecule has 1 aliphatic heterocycles. The largest absolute Gasteiger partial charge is 0.396 e. The molecule has 0 radical (unpaired) electrons. The highest BCUT2D eigenvalue weighted by molar-refractivity contribution is 6.30. The number of nitrogens with zero attached hydrogens (tertiary/aromatic N) is 1. The second-order valence-electron chi connectivity index (χ2n) is 6.49. The Hall–Kier alpha value is -1.55. The molecule has 2 aromatic rings. The minimum atomic E-state index is 0.207. The predicted octanol–water partition coefficient (Wildman–Crippen LogP) is 3.95. The molecule has 0 aromatic heterocycles. The van der Waals surface area contributed by atoms with E-state index in [1.165, 1.54) is 16.8 Å². The van der Waals surface area contributed by atoms with E-state index in [4.69, 9.17) is 16.7 Å². The summed E-state index contributed by atoms with van der Waals surface area (Å²) in [5.74, 6) is 0. The molecule has 0 amide bonds. The molecule has 0 aliphatic carbocycles. The van der Waals surface area contributed by atoms with Gasteiger partial charge in [0.2, 0.25) is 0 Å². The average Bonchev–Trinajstić information content (AvgIpc) is 2.61. The minimum absolute atomic E-state index is 0.207. The van der Waals surface area contributed by atoms with E-state index in [1.807, 2.05) is 12.1 Å². The molecule has 0 atom stereocenters. The van der Waals surface area contributed by atoms with Crippen LogP contribution in [0.25, 0.3) is 0 Å². The Morgan fingerprint density at radius 2 is 1.58 bits per heavy atom. The summed E-state index contributed by atoms with van der Waals surface area (Å²) in [7, 11) is 0. The van der Waals surface area contributed by atoms with Gasteiger partial charge in [-0.05, 0) is 54.7 Å². The van der Waals surface area contributed by atoms with E-state index < -0.39 is 0 Å². The van der Waals surface area contributed by atoms with Gasteiger partial charge < -0.3 is 10.4 Å². The van der Waals surface area contributed by atoms with Crippen molar-refractivity contribution in [1.29, 1.82) is 0 Å². The normalized spacial score (nSPS) is 16.2. The number of hydrogen-bond donors (Lipinski definition) is 2. The van der Waals surface area contributed by atoms with Crippen LogP contribution in [0.1, 0.15) is 24.0 Å². The Bertz CT molecular complexity index is 619. The lowest BCUT2D eigenvalue weighted by Crippen LogP contribution is -2.38. The summed E-state index contributed by atoms with van der Waals surface area (Å²) in [6, 6.07) is 17.1. The summed E-state index contributed by atoms with van der Waals surface area (Å²) < 4.78 is 0. The highest BCUT2D eigenvalue weighted by atomic mass is 35.5. The van der Waals surface area contributed by atoms with Crippen LogP contribution in [-0.4, -0.2) is 35.7 Å². The smallest absolute Gasteiger partial charge is 0.0471 e. The van der Waals surface area contributed by atoms with Gasteiger partial charge in [-0.1, -0.05) is 35.9 Å². The van der Waals surface area contributed by atoms with Crippen molar-refractivity contribution in [3.63, 3.8) is 0 Å². The Morgan fingerprint density at radius 3 is 2.21 bits per heavy atom. The molecule has 0 saturated carbocycles. The number of benzene rings is 2. The number of rotatable bonds is 6. The van der Waals surface area contributed by atoms with Gasteiger partial charge in [0.25, 0.3) is 0 Å². The van der Waals surface area contributed by atoms with Crippen LogP contribution in [-0.2, 0) is 13.0 Å². The van der Waals surface area contributed by atoms with Crippen LogP contribution in [0.5, 0.6) is 0 Å². The van der Waals surface area contributed by atoms with Crippen LogP contribution in [0.3, 0.4) is 0 Å². The van der Waals surface area contributed by atoms with Crippen molar-refractivity contribution in [3.8, 4) is 0 Å². The maximum absolute atomic E-state index is 8.97. The first-order valence-electron chi connectivity index (χ1n) is 8.66. The van der Waals surface area contributed by atoms with Crippen molar-refractivity contribution in [2.45, 2.75) is 31.8 Å². The molecule has 1 heterocycles. The highest BCUT2D eigenvalue weighted by Crippen LogP contribution is 2.19. The first kappa shape index (κ1) is 17.3. The summed E-state index contributed by atoms with van der Waals surface area (Å²) in [5.41, 5.74) is 3.68. The maximum atomic E-state index is 8.97. The first-order chi connectivity index (χ1) is 11.7. The first-order valence-corrected chi connectivity index (χ1v) is 9.04. The molecule has 0 spiro atoms. The number of anilines is 1. The molecule has 1 fully saturated rings. The predicted molar refractivity (Wildman–Crippen MR) is 101 cm³/mol. The zero-order valence-corrected chi connectivity index (χ0v) is 14.7. The highest BCUT2D eigenvalue weighted by Gasteiger charge is 2.19. The van der Waals surface area contributed by atoms with E-state index in [0.717, 1.165) is 43.9 Å². The number of aliphatic hydroxyl groups is 1. The number of nitrogens with one attached hydrogen (secondary N) is 1. The summed E-state index contributed by atoms with van der Waals surface area (Å²) in [6.45, 7) is 3.43. The lowest BCUT2D eigenvalue weighted by atomic mass is 10.0. The number of aliphatic hydroxyl groups excluding tert-OH is 1. The van der Waals surface area contributed by atoms with Crippen LogP contribution in [0, 0.1) is 0 Å². The summed E-state index contributed by atoms with van der Waals surface area (Å²) in [4.78, 5) is 2.51. The van der Waals surface area contributed by atoms with Gasteiger partial charge in [0.1, 0.15) is 0 Å². The molecular weight excluding hydrogens is 320 g/mol. The van der Waals surface area contributed by atoms with E-state index >= 15 is 0 Å². The van der Waals surface area contributed by atoms with Gasteiger partial charge in [-0.25, -0.2) is 0 Å². The quantitative estimate of drug-likeness (QED) is 0.832. The third-order valence-electron chi connectivity index (χ3n) is 4.63. The monoisotopic (exact) mass is 344 g/mol. The van der Waals surface area contributed by atoms with Gasteiger partial charge in [-0.2, -0.15) is 0 Å². The number of hydrogen-bond acceptors (Lipinski definition) is 3. The minimum Gasteiger partial charge on any atom is -0.396 e. The van der Waals surface area contributed by atoms with E-state index in [-0.39, 0.29) is 6.61 Å². The molecule has 128 valence electrons. The SMILES string of the molecule is OCCc1ccc(NC2CCN(Cc3ccc(Cl)cc3)CC2)cc1. The van der Waals surface area contributed by atoms with E-state index in [1.54, 1.807) is 0 Å². The Kier molecular flexibility index (Phi) is 6.13. The van der Waals surface area contributed by atoms with Crippen molar-refractivity contribution < 1.29 is 5.11 Å². The second kappa shape index (κ2) is 8.52. The Morgan fingerprint density at radius 1 is 0.958 bits per heavy atom. The van der Waals surface area contributed by atoms with Gasteiger partial charge in [0, 0.05) is 43.0 Å². The van der Waals surface area contributed by atoms with Gasteiger partial charge in [0.05, 0.1) is 0 Å². The van der Waals surface area contributed by atoms with Gasteiger partial charge in [-0.3, -0.25) is 4.90 Å². The van der Waals surface area contributed by atoms with Crippen molar-refractivity contribution >= 4 is 17.3 Å². The van der Waals surface area contributed by atoms with Gasteiger partial charge in [-0.15, -0.1) is 0 Å². The fraction of sp³-hybridized carbons (Fsp3) is 0.400. The van der Waals surface area contributed by atoms with E-state index in [0.29, 0.717) is 6.04 Å². The van der Waals surface area contributed by atoms with Crippen molar-refractivity contribution in [2.24, 2.45) is 0 Å². The number of likely N-dealkylation sites (tertiary alicyclic amines) is 1. The lowest BCUT2D eigenvalue weighted by molar-refractivity contribution is 0.211. The fourth-order valence-corrected chi connectivity index (χ4v) is 3.34. The fourth-order valence-electron chi connectivity index (χ4n) is 3.22. The molecule has 2 aromatic carbocycles. The molecule has 3 nitrogen and oxygen atoms in total. The molecule has 24 heavy (non-hydrogen) atoms. The molecule has 0 unspecified atom stereocenters. The van der Waals surface area contributed by atoms with Crippen molar-refractivity contribution in [3.05, 3.63) is 64.7 Å². The summed E-state index contributed by atoms with van der Waals surface area (Å²) in [5, 5.41) is 13.4. The van der Waals surface area contributed by atoms with Crippen LogP contribution in [0.2, 0.25) is 5.02 Å². The van der Waals surface area contributed by atoms with Gasteiger partial charge >= 0.3 is 0 Å². The van der Waals surface area contributed by atoms with E-state index in [2.05, 4.69) is 46.6 Å². The van der Waals surface area contributed by atoms with Gasteiger partial charge in [0.15, 0.2) is 0 Å². The molecule has 3 rings (SSSR count). The molecule has 1 saturated heterocycles. The lowest BCUT2D eigenvalue weighted by Gasteiger charge is -2.33. The summed E-state index contributed by atoms with van der Waals surface area (Å²) in [6.07, 6.45) is 3.04. The maximum Gasteiger partial charge on any atom is 0.0471 e. The van der Waals surface area contributed by atoms with Crippen molar-refractivity contribution in [2.75, 3.05) is 25.0 Å². The molecular formula is C20H25ClN2O. The number of halogens is 1. The molecule has 1 aliphatic rings. The van der Waals surface area contributed by atoms with Crippen LogP contribution < -0.4 is 5.32 Å². The van der Waals surface area contributed by atoms with E-state index in [9.17, 15) is 0 Å². The topological polar surface area (TPSA) is 35.5 Å². The molecule has 0 bridgehead atoms. The van der Waals surface area contributed by atoms with Crippen LogP contribution >= 0.6 is 11.6 Å². The Balaban J connectivity index is 1.45. The standard InChI is InChI=1S/C20H25ClN2O/c21-18-5-1-17(2-6-18)15-23-12-9-20(10-13-23)22-19-7-3-16(4-8-19)11-14-24/h1-8,20,22,24H,9-15H2. The number of piperidine rings is 1. The zero-order valence-electron chi connectivity index (χ0n) is 13.9. The average molecular weight is 345 g/mol. The summed E-state index contributed by atoms with van der Waals surface area (Å²) >= 11 is 5.94. The second-order valence-corrected chi connectivity index (χ2v) is 6.93. The van der Waals surface area contributed by atoms with Crippen molar-refractivity contribution in [1.82, 2.24) is 4.90 Å². The van der Waals surface area contributed by atoms with Crippen LogP contribution in [0.15, 0.2) is 48.5 Å². The zero-order chi connectivity index (χ0) is 16.8. The molecule has 4 heteroatoms. The molecule has 2 N–H and O–H groups in total. The Labute approximate surface area is 149 Å². The van der Waals surface area contributed by atoms with Crippen LogP contribution in [0.4, 0.5) is 5.69 Å². The third kappa shape index (κ3) is 4.97. The third-order valence-corrected chi connectivity index (χ3v) is 4.88.